The number of hydrogen-bond acceptors (Lipinski definition) is 2. The molecule has 0 bridgehead atoms. The molecule has 2 heteroatoms. The van der Waals surface area contributed by atoms with E-state index in [9.17, 15) is 0 Å². The summed E-state index contributed by atoms with van der Waals surface area (Å²) in [6.07, 6.45) is 8.00. The van der Waals surface area contributed by atoms with Crippen LogP contribution in [0.15, 0.2) is 22.8 Å². The number of fused-ring (bicyclic) bond motifs is 1. The Kier molecular flexibility index (Phi) is 1.95. The Morgan fingerprint density at radius 3 is 3.18 bits per heavy atom. The van der Waals surface area contributed by atoms with Crippen LogP contribution in [0.3, 0.4) is 0 Å². The van der Waals surface area contributed by atoms with Crippen molar-refractivity contribution in [2.24, 2.45) is 11.7 Å². The van der Waals surface area contributed by atoms with Gasteiger partial charge in [-0.15, -0.1) is 11.8 Å². The van der Waals surface area contributed by atoms with Gasteiger partial charge in [0.15, 0.2) is 0 Å². The first-order valence-corrected chi connectivity index (χ1v) is 5.14. The van der Waals surface area contributed by atoms with Gasteiger partial charge in [-0.3, -0.25) is 0 Å². The maximum atomic E-state index is 5.75. The molecule has 0 spiro atoms. The molecule has 0 aromatic carbocycles. The Bertz CT molecular complexity index is 218. The Morgan fingerprint density at radius 2 is 2.27 bits per heavy atom. The molecule has 0 amide bonds. The van der Waals surface area contributed by atoms with Crippen molar-refractivity contribution < 1.29 is 0 Å². The Balaban J connectivity index is 2.19. The Hall–Kier alpha value is -0.370. The van der Waals surface area contributed by atoms with Crippen molar-refractivity contribution in [3.05, 3.63) is 22.8 Å². The highest BCUT2D eigenvalue weighted by atomic mass is 32.2. The molecule has 1 fully saturated rings. The van der Waals surface area contributed by atoms with Gasteiger partial charge in [0.25, 0.3) is 0 Å². The van der Waals surface area contributed by atoms with Crippen molar-refractivity contribution in [1.82, 2.24) is 0 Å². The molecule has 0 aromatic rings. The third-order valence-corrected chi connectivity index (χ3v) is 3.62. The molecule has 2 N–H and O–H groups in total. The second kappa shape index (κ2) is 2.94. The molecule has 1 nitrogen and oxygen atoms in total. The molecule has 1 atom stereocenters. The molecule has 2 rings (SSSR count). The van der Waals surface area contributed by atoms with E-state index in [0.717, 1.165) is 18.0 Å². The fourth-order valence-electron chi connectivity index (χ4n) is 1.66. The quantitative estimate of drug-likeness (QED) is 0.599. The summed E-state index contributed by atoms with van der Waals surface area (Å²) in [5.74, 6) is 2.14. The first kappa shape index (κ1) is 7.29. The molecule has 1 unspecified atom stereocenters. The molecule has 2 aliphatic rings. The first-order chi connectivity index (χ1) is 5.36. The molecule has 0 radical (unpaired) electrons. The molecule has 11 heavy (non-hydrogen) atoms. The van der Waals surface area contributed by atoms with E-state index in [2.05, 4.69) is 12.2 Å². The van der Waals surface area contributed by atoms with Gasteiger partial charge in [0.2, 0.25) is 0 Å². The van der Waals surface area contributed by atoms with Gasteiger partial charge in [-0.2, -0.15) is 0 Å². The SMILES string of the molecule is NC1=CC=C2SCCC2CC1. The van der Waals surface area contributed by atoms with Crippen molar-refractivity contribution in [1.29, 1.82) is 0 Å². The lowest BCUT2D eigenvalue weighted by Crippen LogP contribution is -1.99. The number of nitrogens with two attached hydrogens (primary N) is 1. The van der Waals surface area contributed by atoms with Crippen molar-refractivity contribution in [3.63, 3.8) is 0 Å². The maximum Gasteiger partial charge on any atom is 0.00809 e. The Labute approximate surface area is 71.7 Å². The standard InChI is InChI=1S/C9H13NS/c10-8-2-1-7-5-6-11-9(7)4-3-8/h3-4,7H,1-2,5-6,10H2. The summed E-state index contributed by atoms with van der Waals surface area (Å²) in [4.78, 5) is 1.56. The van der Waals surface area contributed by atoms with Crippen LogP contribution in [0, 0.1) is 5.92 Å². The summed E-state index contributed by atoms with van der Waals surface area (Å²) in [7, 11) is 0. The van der Waals surface area contributed by atoms with Gasteiger partial charge in [0.05, 0.1) is 0 Å². The van der Waals surface area contributed by atoms with Gasteiger partial charge in [-0.05, 0) is 41.9 Å². The molecular weight excluding hydrogens is 154 g/mol. The summed E-state index contributed by atoms with van der Waals surface area (Å²) in [5.41, 5.74) is 6.79. The van der Waals surface area contributed by atoms with Crippen LogP contribution in [0.2, 0.25) is 0 Å². The van der Waals surface area contributed by atoms with Gasteiger partial charge in [0, 0.05) is 5.70 Å². The zero-order chi connectivity index (χ0) is 7.68. The summed E-state index contributed by atoms with van der Waals surface area (Å²) < 4.78 is 0. The van der Waals surface area contributed by atoms with Crippen LogP contribution < -0.4 is 5.73 Å². The maximum absolute atomic E-state index is 5.75. The van der Waals surface area contributed by atoms with Crippen LogP contribution in [0.4, 0.5) is 0 Å². The third-order valence-electron chi connectivity index (χ3n) is 2.38. The number of hydrogen-bond donors (Lipinski definition) is 1. The smallest absolute Gasteiger partial charge is 0.00809 e. The van der Waals surface area contributed by atoms with Gasteiger partial charge in [0.1, 0.15) is 0 Å². The molecule has 60 valence electrons. The molecule has 0 saturated carbocycles. The fraction of sp³-hybridized carbons (Fsp3) is 0.556. The van der Waals surface area contributed by atoms with Gasteiger partial charge in [-0.1, -0.05) is 6.08 Å². The predicted molar refractivity (Wildman–Crippen MR) is 50.2 cm³/mol. The lowest BCUT2D eigenvalue weighted by atomic mass is 10.0. The van der Waals surface area contributed by atoms with E-state index in [-0.39, 0.29) is 0 Å². The molecule has 1 aliphatic carbocycles. The first-order valence-electron chi connectivity index (χ1n) is 4.15. The zero-order valence-electron chi connectivity index (χ0n) is 6.55. The van der Waals surface area contributed by atoms with Crippen LogP contribution in [0.1, 0.15) is 19.3 Å². The fourth-order valence-corrected chi connectivity index (χ4v) is 2.94. The Morgan fingerprint density at radius 1 is 1.36 bits per heavy atom. The highest BCUT2D eigenvalue weighted by Gasteiger charge is 2.22. The van der Waals surface area contributed by atoms with Crippen LogP contribution in [0.5, 0.6) is 0 Å². The highest BCUT2D eigenvalue weighted by molar-refractivity contribution is 8.03. The largest absolute Gasteiger partial charge is 0.402 e. The summed E-state index contributed by atoms with van der Waals surface area (Å²) in [5, 5.41) is 0. The number of rotatable bonds is 0. The minimum atomic E-state index is 0.831. The molecule has 1 heterocycles. The molecule has 0 aromatic heterocycles. The summed E-state index contributed by atoms with van der Waals surface area (Å²) in [6, 6.07) is 0. The van der Waals surface area contributed by atoms with E-state index in [1.165, 1.54) is 18.6 Å². The van der Waals surface area contributed by atoms with E-state index in [1.54, 1.807) is 4.91 Å². The number of thioether (sulfide) groups is 1. The lowest BCUT2D eigenvalue weighted by molar-refractivity contribution is 0.584. The molecule has 1 saturated heterocycles. The van der Waals surface area contributed by atoms with E-state index in [0.29, 0.717) is 0 Å². The minimum Gasteiger partial charge on any atom is -0.402 e. The van der Waals surface area contributed by atoms with Crippen LogP contribution >= 0.6 is 11.8 Å². The average Bonchev–Trinajstić information content (AvgIpc) is 2.38. The zero-order valence-corrected chi connectivity index (χ0v) is 7.36. The van der Waals surface area contributed by atoms with E-state index < -0.39 is 0 Å². The second-order valence-electron chi connectivity index (χ2n) is 3.18. The third kappa shape index (κ3) is 1.45. The normalized spacial score (nSPS) is 30.4. The van der Waals surface area contributed by atoms with Crippen molar-refractivity contribution in [2.45, 2.75) is 19.3 Å². The molecule has 1 aliphatic heterocycles. The summed E-state index contributed by atoms with van der Waals surface area (Å²) in [6.45, 7) is 0. The monoisotopic (exact) mass is 167 g/mol. The molecular formula is C9H13NS. The van der Waals surface area contributed by atoms with Crippen LogP contribution in [0.25, 0.3) is 0 Å². The lowest BCUT2D eigenvalue weighted by Gasteiger charge is -2.06. The summed E-state index contributed by atoms with van der Waals surface area (Å²) >= 11 is 2.00. The second-order valence-corrected chi connectivity index (χ2v) is 4.35. The van der Waals surface area contributed by atoms with Gasteiger partial charge < -0.3 is 5.73 Å². The van der Waals surface area contributed by atoms with Crippen LogP contribution in [-0.4, -0.2) is 5.75 Å². The van der Waals surface area contributed by atoms with Crippen molar-refractivity contribution >= 4 is 11.8 Å². The van der Waals surface area contributed by atoms with E-state index in [4.69, 9.17) is 5.73 Å². The van der Waals surface area contributed by atoms with E-state index in [1.807, 2.05) is 11.8 Å². The average molecular weight is 167 g/mol. The highest BCUT2D eigenvalue weighted by Crippen LogP contribution is 2.40. The topological polar surface area (TPSA) is 26.0 Å². The van der Waals surface area contributed by atoms with Crippen molar-refractivity contribution in [3.8, 4) is 0 Å². The van der Waals surface area contributed by atoms with E-state index >= 15 is 0 Å². The van der Waals surface area contributed by atoms with Gasteiger partial charge >= 0.3 is 0 Å². The van der Waals surface area contributed by atoms with Gasteiger partial charge in [-0.25, -0.2) is 0 Å². The van der Waals surface area contributed by atoms with Crippen molar-refractivity contribution in [2.75, 3.05) is 5.75 Å². The number of allylic oxidation sites excluding steroid dienone is 4. The predicted octanol–water partition coefficient (Wildman–Crippen LogP) is 2.26. The van der Waals surface area contributed by atoms with Crippen LogP contribution in [-0.2, 0) is 0 Å². The minimum absolute atomic E-state index is 0.831.